The highest BCUT2D eigenvalue weighted by Gasteiger charge is 2.26. The van der Waals surface area contributed by atoms with E-state index >= 15 is 0 Å². The van der Waals surface area contributed by atoms with Crippen LogP contribution in [0.3, 0.4) is 0 Å². The van der Waals surface area contributed by atoms with Crippen LogP contribution in [0.5, 0.6) is 5.75 Å². The van der Waals surface area contributed by atoms with Crippen LogP contribution in [0.2, 0.25) is 0 Å². The number of phenolic OH excluding ortho intramolecular Hbond substituents is 1. The summed E-state index contributed by atoms with van der Waals surface area (Å²) in [5.41, 5.74) is 3.52. The highest BCUT2D eigenvalue weighted by Crippen LogP contribution is 2.39. The predicted octanol–water partition coefficient (Wildman–Crippen LogP) is 2.49. The topological polar surface area (TPSA) is 53.1 Å². The second kappa shape index (κ2) is 3.37. The highest BCUT2D eigenvalue weighted by atomic mass is 16.3. The average Bonchev–Trinajstić information content (AvgIpc) is 2.80. The second-order valence-electron chi connectivity index (χ2n) is 4.39. The number of carbonyl (C=O) groups excluding carboxylic acids is 1. The van der Waals surface area contributed by atoms with E-state index in [2.05, 4.69) is 4.98 Å². The molecule has 1 heterocycles. The zero-order valence-electron chi connectivity index (χ0n) is 8.86. The Morgan fingerprint density at radius 3 is 3.19 bits per heavy atom. The number of fused-ring (bicyclic) bond motifs is 3. The van der Waals surface area contributed by atoms with Gasteiger partial charge in [0, 0.05) is 28.9 Å². The minimum atomic E-state index is 0.299. The lowest BCUT2D eigenvalue weighted by atomic mass is 10.0. The number of rotatable bonds is 2. The Morgan fingerprint density at radius 2 is 2.38 bits per heavy atom. The number of phenols is 1. The molecule has 1 aromatic heterocycles. The Bertz CT molecular complexity index is 556. The van der Waals surface area contributed by atoms with Crippen molar-refractivity contribution in [3.63, 3.8) is 0 Å². The average molecular weight is 215 g/mol. The largest absolute Gasteiger partial charge is 0.508 e. The number of aldehydes is 1. The lowest BCUT2D eigenvalue weighted by Crippen LogP contribution is -1.94. The maximum absolute atomic E-state index is 10.6. The fourth-order valence-electron chi connectivity index (χ4n) is 2.69. The molecule has 82 valence electrons. The van der Waals surface area contributed by atoms with E-state index in [1.54, 1.807) is 12.1 Å². The summed E-state index contributed by atoms with van der Waals surface area (Å²) in [6.45, 7) is 0. The molecule has 1 aliphatic rings. The van der Waals surface area contributed by atoms with Gasteiger partial charge in [-0.1, -0.05) is 0 Å². The molecule has 1 aromatic carbocycles. The van der Waals surface area contributed by atoms with Crippen molar-refractivity contribution in [2.24, 2.45) is 0 Å². The van der Waals surface area contributed by atoms with Crippen molar-refractivity contribution >= 4 is 17.2 Å². The van der Waals surface area contributed by atoms with Crippen LogP contribution in [0, 0.1) is 0 Å². The first-order valence-corrected chi connectivity index (χ1v) is 5.56. The van der Waals surface area contributed by atoms with Crippen molar-refractivity contribution < 1.29 is 9.90 Å². The van der Waals surface area contributed by atoms with Gasteiger partial charge in [0.1, 0.15) is 12.0 Å². The predicted molar refractivity (Wildman–Crippen MR) is 61.7 cm³/mol. The first-order chi connectivity index (χ1) is 7.79. The summed E-state index contributed by atoms with van der Waals surface area (Å²) in [4.78, 5) is 14.0. The van der Waals surface area contributed by atoms with Gasteiger partial charge < -0.3 is 14.9 Å². The number of benzene rings is 1. The maximum Gasteiger partial charge on any atom is 0.120 e. The first kappa shape index (κ1) is 9.46. The molecule has 0 radical (unpaired) electrons. The van der Waals surface area contributed by atoms with Crippen LogP contribution in [0.15, 0.2) is 18.2 Å². The van der Waals surface area contributed by atoms with Crippen LogP contribution in [0.4, 0.5) is 0 Å². The van der Waals surface area contributed by atoms with Crippen molar-refractivity contribution in [3.05, 3.63) is 29.5 Å². The van der Waals surface area contributed by atoms with Gasteiger partial charge in [-0.25, -0.2) is 0 Å². The normalized spacial score (nSPS) is 18.9. The van der Waals surface area contributed by atoms with Crippen molar-refractivity contribution in [3.8, 4) is 5.75 Å². The van der Waals surface area contributed by atoms with Crippen LogP contribution in [0.1, 0.15) is 30.0 Å². The van der Waals surface area contributed by atoms with Crippen molar-refractivity contribution in [2.75, 3.05) is 0 Å². The zero-order valence-corrected chi connectivity index (χ0v) is 8.86. The number of hydrogen-bond donors (Lipinski definition) is 2. The molecule has 1 atom stereocenters. The summed E-state index contributed by atoms with van der Waals surface area (Å²) in [5.74, 6) is 0.634. The van der Waals surface area contributed by atoms with Crippen LogP contribution >= 0.6 is 0 Å². The van der Waals surface area contributed by atoms with Crippen molar-refractivity contribution in [2.45, 2.75) is 25.2 Å². The molecule has 3 heteroatoms. The Hall–Kier alpha value is -1.77. The van der Waals surface area contributed by atoms with Gasteiger partial charge in [-0.2, -0.15) is 0 Å². The molecule has 1 aliphatic carbocycles. The third-order valence-corrected chi connectivity index (χ3v) is 3.45. The molecule has 1 unspecified atom stereocenters. The maximum atomic E-state index is 10.6. The van der Waals surface area contributed by atoms with Crippen LogP contribution in [-0.4, -0.2) is 16.4 Å². The summed E-state index contributed by atoms with van der Waals surface area (Å²) in [6.07, 6.45) is 3.61. The van der Waals surface area contributed by atoms with Gasteiger partial charge in [-0.15, -0.1) is 0 Å². The molecule has 0 amide bonds. The van der Waals surface area contributed by atoms with Gasteiger partial charge in [-0.05, 0) is 36.6 Å². The van der Waals surface area contributed by atoms with Crippen molar-refractivity contribution in [1.82, 2.24) is 4.98 Å². The molecule has 2 N–H and O–H groups in total. The number of aromatic hydroxyl groups is 1. The standard InChI is InChI=1S/C13H13NO2/c15-6-5-8-1-3-10-11-7-9(16)2-4-12(11)14-13(8)10/h2,4,6-8,14,16H,1,3,5H2. The van der Waals surface area contributed by atoms with E-state index in [1.807, 2.05) is 6.07 Å². The Labute approximate surface area is 93.1 Å². The molecule has 3 nitrogen and oxygen atoms in total. The summed E-state index contributed by atoms with van der Waals surface area (Å²) in [7, 11) is 0. The van der Waals surface area contributed by atoms with E-state index in [0.29, 0.717) is 18.1 Å². The molecule has 0 saturated carbocycles. The molecule has 16 heavy (non-hydrogen) atoms. The first-order valence-electron chi connectivity index (χ1n) is 5.56. The molecule has 0 aliphatic heterocycles. The van der Waals surface area contributed by atoms with E-state index in [0.717, 1.165) is 30.0 Å². The van der Waals surface area contributed by atoms with Gasteiger partial charge in [0.2, 0.25) is 0 Å². The minimum absolute atomic E-state index is 0.299. The third kappa shape index (κ3) is 1.24. The molecule has 0 spiro atoms. The molecule has 0 fully saturated rings. The van der Waals surface area contributed by atoms with E-state index in [9.17, 15) is 9.90 Å². The summed E-state index contributed by atoms with van der Waals surface area (Å²) in [6, 6.07) is 5.37. The Morgan fingerprint density at radius 1 is 1.50 bits per heavy atom. The highest BCUT2D eigenvalue weighted by molar-refractivity contribution is 5.87. The van der Waals surface area contributed by atoms with Gasteiger partial charge in [0.05, 0.1) is 0 Å². The Kier molecular flexibility index (Phi) is 1.99. The smallest absolute Gasteiger partial charge is 0.120 e. The van der Waals surface area contributed by atoms with Gasteiger partial charge in [0.15, 0.2) is 0 Å². The molecule has 2 aromatic rings. The zero-order chi connectivity index (χ0) is 11.1. The number of H-pyrrole nitrogens is 1. The lowest BCUT2D eigenvalue weighted by molar-refractivity contribution is -0.108. The van der Waals surface area contributed by atoms with Gasteiger partial charge in [0.25, 0.3) is 0 Å². The summed E-state index contributed by atoms with van der Waals surface area (Å²) in [5, 5.41) is 10.6. The minimum Gasteiger partial charge on any atom is -0.508 e. The van der Waals surface area contributed by atoms with E-state index in [-0.39, 0.29) is 0 Å². The van der Waals surface area contributed by atoms with Crippen LogP contribution in [0.25, 0.3) is 10.9 Å². The lowest BCUT2D eigenvalue weighted by Gasteiger charge is -2.03. The summed E-state index contributed by atoms with van der Waals surface area (Å²) >= 11 is 0. The van der Waals surface area contributed by atoms with Crippen LogP contribution < -0.4 is 0 Å². The monoisotopic (exact) mass is 215 g/mol. The molecular weight excluding hydrogens is 202 g/mol. The van der Waals surface area contributed by atoms with Gasteiger partial charge >= 0.3 is 0 Å². The van der Waals surface area contributed by atoms with E-state index in [1.165, 1.54) is 11.3 Å². The molecule has 0 saturated heterocycles. The SMILES string of the molecule is O=CCC1CCc2c1[nH]c1ccc(O)cc21. The number of carbonyl (C=O) groups is 1. The van der Waals surface area contributed by atoms with Crippen molar-refractivity contribution in [1.29, 1.82) is 0 Å². The number of aryl methyl sites for hydroxylation is 1. The molecular formula is C13H13NO2. The fourth-order valence-corrected chi connectivity index (χ4v) is 2.69. The Balaban J connectivity index is 2.17. The van der Waals surface area contributed by atoms with E-state index < -0.39 is 0 Å². The number of nitrogens with one attached hydrogen (secondary N) is 1. The molecule has 3 rings (SSSR count). The quantitative estimate of drug-likeness (QED) is 0.756. The second-order valence-corrected chi connectivity index (χ2v) is 4.39. The van der Waals surface area contributed by atoms with Gasteiger partial charge in [-0.3, -0.25) is 0 Å². The fraction of sp³-hybridized carbons (Fsp3) is 0.308. The molecule has 0 bridgehead atoms. The summed E-state index contributed by atoms with van der Waals surface area (Å²) < 4.78 is 0. The number of aromatic nitrogens is 1. The third-order valence-electron chi connectivity index (χ3n) is 3.45. The van der Waals surface area contributed by atoms with E-state index in [4.69, 9.17) is 0 Å². The van der Waals surface area contributed by atoms with Crippen LogP contribution in [-0.2, 0) is 11.2 Å². The number of aromatic amines is 1. The number of hydrogen-bond acceptors (Lipinski definition) is 2.